The predicted octanol–water partition coefficient (Wildman–Crippen LogP) is 4.31. The zero-order valence-electron chi connectivity index (χ0n) is 13.8. The quantitative estimate of drug-likeness (QED) is 0.648. The van der Waals surface area contributed by atoms with Gasteiger partial charge in [0.1, 0.15) is 11.6 Å². The number of aryl methyl sites for hydroxylation is 1. The van der Waals surface area contributed by atoms with E-state index >= 15 is 0 Å². The number of fused-ring (bicyclic) bond motifs is 1. The number of ether oxygens (including phenoxy) is 1. The summed E-state index contributed by atoms with van der Waals surface area (Å²) in [6, 6.07) is 9.51. The van der Waals surface area contributed by atoms with Crippen LogP contribution in [0.4, 0.5) is 37.6 Å². The van der Waals surface area contributed by atoms with Gasteiger partial charge in [0.2, 0.25) is 5.95 Å². The van der Waals surface area contributed by atoms with Gasteiger partial charge in [0.15, 0.2) is 18.4 Å². The maximum Gasteiger partial charge on any atom is 0.229 e. The number of rotatable bonds is 4. The minimum Gasteiger partial charge on any atom is -0.471 e. The molecule has 0 aliphatic carbocycles. The average Bonchev–Trinajstić information content (AvgIpc) is 3.09. The topological polar surface area (TPSA) is 71.1 Å². The van der Waals surface area contributed by atoms with E-state index in [1.54, 1.807) is 6.20 Å². The van der Waals surface area contributed by atoms with Crippen molar-refractivity contribution < 1.29 is 13.5 Å². The van der Waals surface area contributed by atoms with Crippen LogP contribution in [0.1, 0.15) is 5.56 Å². The molecule has 0 fully saturated rings. The van der Waals surface area contributed by atoms with E-state index in [-0.39, 0.29) is 11.6 Å². The Morgan fingerprint density at radius 2 is 2.04 bits per heavy atom. The molecule has 6 nitrogen and oxygen atoms in total. The number of nitrogens with zero attached hydrogens (tertiary/aromatic N) is 2. The molecule has 0 amide bonds. The van der Waals surface area contributed by atoms with Gasteiger partial charge in [0.25, 0.3) is 0 Å². The summed E-state index contributed by atoms with van der Waals surface area (Å²) in [4.78, 5) is 8.47. The van der Waals surface area contributed by atoms with Gasteiger partial charge < -0.3 is 20.7 Å². The second kappa shape index (κ2) is 6.47. The molecule has 132 valence electrons. The number of nitrogens with one attached hydrogen (secondary N) is 3. The van der Waals surface area contributed by atoms with Gasteiger partial charge in [-0.05, 0) is 37.3 Å². The van der Waals surface area contributed by atoms with Crippen LogP contribution in [0.15, 0.2) is 42.6 Å². The van der Waals surface area contributed by atoms with E-state index in [0.717, 1.165) is 28.8 Å². The predicted molar refractivity (Wildman–Crippen MR) is 95.3 cm³/mol. The third-order valence-electron chi connectivity index (χ3n) is 3.90. The Hall–Kier alpha value is -3.42. The molecule has 26 heavy (non-hydrogen) atoms. The zero-order valence-corrected chi connectivity index (χ0v) is 13.8. The lowest BCUT2D eigenvalue weighted by atomic mass is 10.2. The molecule has 0 saturated carbocycles. The fourth-order valence-electron chi connectivity index (χ4n) is 2.55. The third kappa shape index (κ3) is 3.08. The van der Waals surface area contributed by atoms with Gasteiger partial charge in [0, 0.05) is 17.4 Å². The van der Waals surface area contributed by atoms with Gasteiger partial charge in [-0.2, -0.15) is 4.98 Å². The van der Waals surface area contributed by atoms with Crippen LogP contribution in [0.5, 0.6) is 5.75 Å². The van der Waals surface area contributed by atoms with Gasteiger partial charge in [0.05, 0.1) is 11.4 Å². The van der Waals surface area contributed by atoms with E-state index in [0.29, 0.717) is 12.5 Å². The van der Waals surface area contributed by atoms with Crippen molar-refractivity contribution in [2.24, 2.45) is 0 Å². The first-order valence-electron chi connectivity index (χ1n) is 7.92. The SMILES string of the molecule is Cc1cnc(Nc2cccc(F)c2F)nc1Nc1ccc2c(c1)NCO2. The van der Waals surface area contributed by atoms with Crippen molar-refractivity contribution in [1.29, 1.82) is 0 Å². The molecule has 4 rings (SSSR count). The van der Waals surface area contributed by atoms with E-state index < -0.39 is 11.6 Å². The van der Waals surface area contributed by atoms with Crippen molar-refractivity contribution in [1.82, 2.24) is 9.97 Å². The van der Waals surface area contributed by atoms with Crippen LogP contribution in [0, 0.1) is 18.6 Å². The molecule has 3 N–H and O–H groups in total. The van der Waals surface area contributed by atoms with Crippen molar-refractivity contribution in [2.45, 2.75) is 6.92 Å². The van der Waals surface area contributed by atoms with Crippen LogP contribution in [-0.4, -0.2) is 16.7 Å². The maximum atomic E-state index is 13.8. The number of anilines is 5. The molecule has 1 aliphatic rings. The first-order valence-corrected chi connectivity index (χ1v) is 7.92. The summed E-state index contributed by atoms with van der Waals surface area (Å²) in [7, 11) is 0. The third-order valence-corrected chi connectivity index (χ3v) is 3.90. The summed E-state index contributed by atoms with van der Waals surface area (Å²) in [5.41, 5.74) is 2.48. The minimum absolute atomic E-state index is 0.0290. The fourth-order valence-corrected chi connectivity index (χ4v) is 2.55. The number of halogens is 2. The number of benzene rings is 2. The first kappa shape index (κ1) is 16.1. The van der Waals surface area contributed by atoms with Crippen LogP contribution in [0.25, 0.3) is 0 Å². The van der Waals surface area contributed by atoms with Gasteiger partial charge in [-0.15, -0.1) is 0 Å². The monoisotopic (exact) mass is 355 g/mol. The van der Waals surface area contributed by atoms with Crippen molar-refractivity contribution in [3.63, 3.8) is 0 Å². The number of hydrogen-bond donors (Lipinski definition) is 3. The molecule has 8 heteroatoms. The van der Waals surface area contributed by atoms with E-state index in [9.17, 15) is 8.78 Å². The molecular formula is C18H15F2N5O. The molecular weight excluding hydrogens is 340 g/mol. The molecule has 1 aliphatic heterocycles. The summed E-state index contributed by atoms with van der Waals surface area (Å²) < 4.78 is 32.5. The Balaban J connectivity index is 1.59. The number of aromatic nitrogens is 2. The van der Waals surface area contributed by atoms with E-state index in [1.807, 2.05) is 25.1 Å². The molecule has 3 aromatic rings. The van der Waals surface area contributed by atoms with Crippen LogP contribution < -0.4 is 20.7 Å². The highest BCUT2D eigenvalue weighted by Gasteiger charge is 2.13. The zero-order chi connectivity index (χ0) is 18.1. The smallest absolute Gasteiger partial charge is 0.229 e. The molecule has 0 saturated heterocycles. The lowest BCUT2D eigenvalue weighted by Crippen LogP contribution is -2.04. The van der Waals surface area contributed by atoms with Gasteiger partial charge in [-0.25, -0.2) is 13.8 Å². The van der Waals surface area contributed by atoms with Gasteiger partial charge >= 0.3 is 0 Å². The molecule has 0 unspecified atom stereocenters. The maximum absolute atomic E-state index is 13.8. The van der Waals surface area contributed by atoms with Crippen molar-refractivity contribution in [3.05, 3.63) is 59.8 Å². The molecule has 0 bridgehead atoms. The van der Waals surface area contributed by atoms with Crippen LogP contribution >= 0.6 is 0 Å². The summed E-state index contributed by atoms with van der Waals surface area (Å²) in [5, 5.41) is 9.01. The lowest BCUT2D eigenvalue weighted by Gasteiger charge is -2.12. The number of hydrogen-bond acceptors (Lipinski definition) is 6. The van der Waals surface area contributed by atoms with Gasteiger partial charge in [-0.1, -0.05) is 6.07 Å². The van der Waals surface area contributed by atoms with Crippen molar-refractivity contribution in [3.8, 4) is 5.75 Å². The standard InChI is InChI=1S/C18H15F2N5O/c1-10-8-21-18(24-13-4-2-3-12(19)16(13)20)25-17(10)23-11-5-6-15-14(7-11)22-9-26-15/h2-8,22H,9H2,1H3,(H2,21,23,24,25). The normalized spacial score (nSPS) is 12.1. The Morgan fingerprint density at radius 3 is 2.92 bits per heavy atom. The van der Waals surface area contributed by atoms with Crippen LogP contribution in [0.3, 0.4) is 0 Å². The summed E-state index contributed by atoms with van der Waals surface area (Å²) >= 11 is 0. The Bertz CT molecular complexity index is 980. The highest BCUT2D eigenvalue weighted by atomic mass is 19.2. The molecule has 2 heterocycles. The second-order valence-electron chi connectivity index (χ2n) is 5.75. The highest BCUT2D eigenvalue weighted by molar-refractivity contribution is 5.70. The minimum atomic E-state index is -0.976. The Kier molecular flexibility index (Phi) is 4.00. The Labute approximate surface area is 148 Å². The fraction of sp³-hybridized carbons (Fsp3) is 0.111. The van der Waals surface area contributed by atoms with E-state index in [1.165, 1.54) is 12.1 Å². The van der Waals surface area contributed by atoms with E-state index in [4.69, 9.17) is 4.74 Å². The summed E-state index contributed by atoms with van der Waals surface area (Å²) in [6.07, 6.45) is 1.60. The summed E-state index contributed by atoms with van der Waals surface area (Å²) in [6.45, 7) is 2.29. The van der Waals surface area contributed by atoms with Crippen LogP contribution in [0.2, 0.25) is 0 Å². The molecule has 0 atom stereocenters. The first-order chi connectivity index (χ1) is 12.6. The van der Waals surface area contributed by atoms with Gasteiger partial charge in [-0.3, -0.25) is 0 Å². The summed E-state index contributed by atoms with van der Waals surface area (Å²) in [5.74, 6) is -0.411. The van der Waals surface area contributed by atoms with E-state index in [2.05, 4.69) is 25.9 Å². The second-order valence-corrected chi connectivity index (χ2v) is 5.75. The van der Waals surface area contributed by atoms with Crippen molar-refractivity contribution >= 4 is 28.8 Å². The average molecular weight is 355 g/mol. The molecule has 2 aromatic carbocycles. The Morgan fingerprint density at radius 1 is 1.15 bits per heavy atom. The van der Waals surface area contributed by atoms with Crippen molar-refractivity contribution in [2.75, 3.05) is 22.7 Å². The highest BCUT2D eigenvalue weighted by Crippen LogP contribution is 2.33. The molecule has 1 aromatic heterocycles. The molecule has 0 spiro atoms. The van der Waals surface area contributed by atoms with Crippen LogP contribution in [-0.2, 0) is 0 Å². The largest absolute Gasteiger partial charge is 0.471 e. The lowest BCUT2D eigenvalue weighted by molar-refractivity contribution is 0.372. The molecule has 0 radical (unpaired) electrons.